The Kier molecular flexibility index (Phi) is 4.63. The maximum absolute atomic E-state index is 12.5. The van der Waals surface area contributed by atoms with Crippen molar-refractivity contribution in [3.63, 3.8) is 0 Å². The SMILES string of the molecule is Fc1cnc(NCCOC2CCNCC2)nc1. The number of nitrogens with zero attached hydrogens (tertiary/aromatic N) is 2. The zero-order valence-electron chi connectivity index (χ0n) is 9.66. The summed E-state index contributed by atoms with van der Waals surface area (Å²) in [5.41, 5.74) is 0. The van der Waals surface area contributed by atoms with Gasteiger partial charge in [-0.1, -0.05) is 0 Å². The summed E-state index contributed by atoms with van der Waals surface area (Å²) in [4.78, 5) is 7.60. The number of aromatic nitrogens is 2. The minimum absolute atomic E-state index is 0.354. The van der Waals surface area contributed by atoms with E-state index < -0.39 is 5.82 Å². The Morgan fingerprint density at radius 3 is 2.76 bits per heavy atom. The quantitative estimate of drug-likeness (QED) is 0.745. The van der Waals surface area contributed by atoms with E-state index in [0.717, 1.165) is 38.3 Å². The average molecular weight is 240 g/mol. The Morgan fingerprint density at radius 1 is 1.35 bits per heavy atom. The number of halogens is 1. The highest BCUT2D eigenvalue weighted by molar-refractivity contribution is 5.21. The van der Waals surface area contributed by atoms with Crippen molar-refractivity contribution in [1.82, 2.24) is 15.3 Å². The van der Waals surface area contributed by atoms with Crippen LogP contribution in [-0.2, 0) is 4.74 Å². The Morgan fingerprint density at radius 2 is 2.06 bits per heavy atom. The Balaban J connectivity index is 1.60. The van der Waals surface area contributed by atoms with Crippen LogP contribution in [0.5, 0.6) is 0 Å². The molecule has 2 rings (SSSR count). The summed E-state index contributed by atoms with van der Waals surface area (Å²) in [5.74, 6) is 0.00168. The number of hydrogen-bond donors (Lipinski definition) is 2. The molecule has 0 bridgehead atoms. The van der Waals surface area contributed by atoms with Crippen LogP contribution in [0.15, 0.2) is 12.4 Å². The van der Waals surface area contributed by atoms with E-state index in [4.69, 9.17) is 4.74 Å². The van der Waals surface area contributed by atoms with Crippen molar-refractivity contribution in [3.05, 3.63) is 18.2 Å². The first kappa shape index (κ1) is 12.2. The molecule has 0 aliphatic carbocycles. The number of nitrogens with one attached hydrogen (secondary N) is 2. The second-order valence-electron chi connectivity index (χ2n) is 3.97. The van der Waals surface area contributed by atoms with Gasteiger partial charge in [0.2, 0.25) is 5.95 Å². The number of piperidine rings is 1. The highest BCUT2D eigenvalue weighted by atomic mass is 19.1. The molecule has 0 saturated carbocycles. The van der Waals surface area contributed by atoms with Crippen LogP contribution in [-0.4, -0.2) is 42.3 Å². The van der Waals surface area contributed by atoms with Crippen molar-refractivity contribution >= 4 is 5.95 Å². The summed E-state index contributed by atoms with van der Waals surface area (Å²) in [5, 5.41) is 6.27. The summed E-state index contributed by atoms with van der Waals surface area (Å²) < 4.78 is 18.2. The van der Waals surface area contributed by atoms with Gasteiger partial charge in [-0.3, -0.25) is 0 Å². The molecule has 94 valence electrons. The van der Waals surface area contributed by atoms with Crippen LogP contribution in [0.2, 0.25) is 0 Å². The van der Waals surface area contributed by atoms with E-state index in [1.807, 2.05) is 0 Å². The largest absolute Gasteiger partial charge is 0.376 e. The molecule has 1 aromatic rings. The van der Waals surface area contributed by atoms with E-state index in [1.165, 1.54) is 0 Å². The summed E-state index contributed by atoms with van der Waals surface area (Å²) in [6, 6.07) is 0. The third-order valence-electron chi connectivity index (χ3n) is 2.65. The topological polar surface area (TPSA) is 59.1 Å². The van der Waals surface area contributed by atoms with Crippen LogP contribution in [0.1, 0.15) is 12.8 Å². The van der Waals surface area contributed by atoms with Crippen molar-refractivity contribution in [2.75, 3.05) is 31.6 Å². The molecule has 6 heteroatoms. The predicted molar refractivity (Wildman–Crippen MR) is 62.3 cm³/mol. The van der Waals surface area contributed by atoms with Gasteiger partial charge < -0.3 is 15.4 Å². The first-order chi connectivity index (χ1) is 8.34. The van der Waals surface area contributed by atoms with E-state index in [0.29, 0.717) is 25.2 Å². The molecule has 0 spiro atoms. The Labute approximate surface area is 99.8 Å². The molecule has 0 amide bonds. The number of rotatable bonds is 5. The van der Waals surface area contributed by atoms with Gasteiger partial charge in [-0.05, 0) is 25.9 Å². The van der Waals surface area contributed by atoms with Gasteiger partial charge in [0.25, 0.3) is 0 Å². The van der Waals surface area contributed by atoms with Gasteiger partial charge in [-0.2, -0.15) is 0 Å². The third-order valence-corrected chi connectivity index (χ3v) is 2.65. The summed E-state index contributed by atoms with van der Waals surface area (Å²) in [6.45, 7) is 3.30. The fourth-order valence-corrected chi connectivity index (χ4v) is 1.75. The Hall–Kier alpha value is -1.27. The fraction of sp³-hybridized carbons (Fsp3) is 0.636. The molecule has 0 aromatic carbocycles. The molecular formula is C11H17FN4O. The number of hydrogen-bond acceptors (Lipinski definition) is 5. The molecule has 5 nitrogen and oxygen atoms in total. The molecule has 1 aromatic heterocycles. The lowest BCUT2D eigenvalue weighted by Crippen LogP contribution is -2.33. The molecule has 17 heavy (non-hydrogen) atoms. The van der Waals surface area contributed by atoms with E-state index in [2.05, 4.69) is 20.6 Å². The molecule has 2 N–H and O–H groups in total. The van der Waals surface area contributed by atoms with E-state index >= 15 is 0 Å². The van der Waals surface area contributed by atoms with Crippen LogP contribution < -0.4 is 10.6 Å². The highest BCUT2D eigenvalue weighted by Gasteiger charge is 2.12. The molecule has 0 radical (unpaired) electrons. The van der Waals surface area contributed by atoms with Crippen LogP contribution in [0, 0.1) is 5.82 Å². The molecule has 0 atom stereocenters. The van der Waals surface area contributed by atoms with Gasteiger partial charge in [0.1, 0.15) is 0 Å². The molecule has 2 heterocycles. The maximum Gasteiger partial charge on any atom is 0.222 e. The monoisotopic (exact) mass is 240 g/mol. The first-order valence-electron chi connectivity index (χ1n) is 5.88. The van der Waals surface area contributed by atoms with Gasteiger partial charge in [0.15, 0.2) is 5.82 Å². The van der Waals surface area contributed by atoms with E-state index in [1.54, 1.807) is 0 Å². The van der Waals surface area contributed by atoms with Crippen LogP contribution in [0.4, 0.5) is 10.3 Å². The molecule has 1 fully saturated rings. The lowest BCUT2D eigenvalue weighted by molar-refractivity contribution is 0.0393. The molecule has 1 aliphatic heterocycles. The zero-order valence-corrected chi connectivity index (χ0v) is 9.66. The number of anilines is 1. The van der Waals surface area contributed by atoms with Crippen molar-refractivity contribution in [2.24, 2.45) is 0 Å². The minimum Gasteiger partial charge on any atom is -0.376 e. The van der Waals surface area contributed by atoms with Crippen LogP contribution >= 0.6 is 0 Å². The lowest BCUT2D eigenvalue weighted by atomic mass is 10.1. The van der Waals surface area contributed by atoms with Crippen molar-refractivity contribution < 1.29 is 9.13 Å². The molecular weight excluding hydrogens is 223 g/mol. The molecule has 0 unspecified atom stereocenters. The normalized spacial score (nSPS) is 17.0. The summed E-state index contributed by atoms with van der Waals surface area (Å²) >= 11 is 0. The summed E-state index contributed by atoms with van der Waals surface area (Å²) in [6.07, 6.45) is 4.76. The summed E-state index contributed by atoms with van der Waals surface area (Å²) in [7, 11) is 0. The van der Waals surface area contributed by atoms with Crippen molar-refractivity contribution in [1.29, 1.82) is 0 Å². The maximum atomic E-state index is 12.5. The van der Waals surface area contributed by atoms with Gasteiger partial charge in [-0.15, -0.1) is 0 Å². The lowest BCUT2D eigenvalue weighted by Gasteiger charge is -2.22. The van der Waals surface area contributed by atoms with Gasteiger partial charge in [-0.25, -0.2) is 14.4 Å². The van der Waals surface area contributed by atoms with E-state index in [-0.39, 0.29) is 0 Å². The van der Waals surface area contributed by atoms with Gasteiger partial charge in [0.05, 0.1) is 25.1 Å². The van der Waals surface area contributed by atoms with Crippen molar-refractivity contribution in [3.8, 4) is 0 Å². The van der Waals surface area contributed by atoms with Gasteiger partial charge >= 0.3 is 0 Å². The molecule has 1 saturated heterocycles. The Bertz CT molecular complexity index is 327. The zero-order chi connectivity index (χ0) is 11.9. The standard InChI is InChI=1S/C11H17FN4O/c12-9-7-15-11(16-8-9)14-5-6-17-10-1-3-13-4-2-10/h7-8,10,13H,1-6H2,(H,14,15,16). The van der Waals surface area contributed by atoms with Crippen molar-refractivity contribution in [2.45, 2.75) is 18.9 Å². The second kappa shape index (κ2) is 6.46. The smallest absolute Gasteiger partial charge is 0.222 e. The highest BCUT2D eigenvalue weighted by Crippen LogP contribution is 2.06. The molecule has 1 aliphatic rings. The third kappa shape index (κ3) is 4.24. The fourth-order valence-electron chi connectivity index (χ4n) is 1.75. The minimum atomic E-state index is -0.429. The van der Waals surface area contributed by atoms with Gasteiger partial charge in [0, 0.05) is 6.54 Å². The predicted octanol–water partition coefficient (Wildman–Crippen LogP) is 0.796. The average Bonchev–Trinajstić information content (AvgIpc) is 2.38. The number of ether oxygens (including phenoxy) is 1. The second-order valence-corrected chi connectivity index (χ2v) is 3.97. The van der Waals surface area contributed by atoms with Crippen LogP contribution in [0.25, 0.3) is 0 Å². The van der Waals surface area contributed by atoms with Crippen LogP contribution in [0.3, 0.4) is 0 Å². The van der Waals surface area contributed by atoms with E-state index in [9.17, 15) is 4.39 Å². The first-order valence-corrected chi connectivity index (χ1v) is 5.88.